The molecule has 1 aromatic rings. The van der Waals surface area contributed by atoms with Crippen LogP contribution in [0.15, 0.2) is 18.2 Å². The van der Waals surface area contributed by atoms with Crippen LogP contribution in [0.5, 0.6) is 5.75 Å². The Kier molecular flexibility index (Phi) is 2.00. The van der Waals surface area contributed by atoms with Crippen LogP contribution in [0.25, 0.3) is 0 Å². The Labute approximate surface area is 93.1 Å². The summed E-state index contributed by atoms with van der Waals surface area (Å²) in [5, 5.41) is 15.4. The molecule has 1 fully saturated rings. The van der Waals surface area contributed by atoms with E-state index in [1.54, 1.807) is 12.1 Å². The maximum Gasteiger partial charge on any atom is 0.243 e. The maximum atomic E-state index is 11.5. The average Bonchev–Trinajstić information content (AvgIpc) is 2.13. The van der Waals surface area contributed by atoms with Gasteiger partial charge in [0.2, 0.25) is 5.91 Å². The number of carbonyl (C=O) groups is 1. The van der Waals surface area contributed by atoms with E-state index in [1.165, 1.54) is 0 Å². The third-order valence-corrected chi connectivity index (χ3v) is 3.08. The molecule has 1 amide bonds. The lowest BCUT2D eigenvalue weighted by molar-refractivity contribution is -0.115. The van der Waals surface area contributed by atoms with Crippen molar-refractivity contribution < 1.29 is 9.90 Å². The summed E-state index contributed by atoms with van der Waals surface area (Å²) in [6.45, 7) is 2.21. The van der Waals surface area contributed by atoms with Crippen molar-refractivity contribution in [2.24, 2.45) is 0 Å². The lowest BCUT2D eigenvalue weighted by Crippen LogP contribution is -2.60. The van der Waals surface area contributed by atoms with Gasteiger partial charge < -0.3 is 20.6 Å². The van der Waals surface area contributed by atoms with Crippen LogP contribution in [0.4, 0.5) is 11.4 Å². The molecule has 0 bridgehead atoms. The van der Waals surface area contributed by atoms with Gasteiger partial charge in [0.05, 0.1) is 24.0 Å². The molecule has 0 spiro atoms. The SMILES string of the molecule is O=C1CN(C2CNC2)c2ccc(O)cc2N1. The van der Waals surface area contributed by atoms with Crippen LogP contribution in [0, 0.1) is 0 Å². The predicted octanol–water partition coefficient (Wildman–Crippen LogP) is 0.122. The van der Waals surface area contributed by atoms with E-state index in [-0.39, 0.29) is 11.7 Å². The molecule has 0 saturated carbocycles. The Morgan fingerprint density at radius 1 is 1.38 bits per heavy atom. The van der Waals surface area contributed by atoms with E-state index in [1.807, 2.05) is 6.07 Å². The third-order valence-electron chi connectivity index (χ3n) is 3.08. The third kappa shape index (κ3) is 1.40. The van der Waals surface area contributed by atoms with Gasteiger partial charge in [-0.1, -0.05) is 0 Å². The summed E-state index contributed by atoms with van der Waals surface area (Å²) in [6.07, 6.45) is 0. The first-order valence-electron chi connectivity index (χ1n) is 5.34. The number of phenolic OH excluding ortho intramolecular Hbond substituents is 1. The molecule has 5 heteroatoms. The van der Waals surface area contributed by atoms with E-state index in [4.69, 9.17) is 0 Å². The molecule has 0 unspecified atom stereocenters. The van der Waals surface area contributed by atoms with Gasteiger partial charge >= 0.3 is 0 Å². The Bertz CT molecular complexity index is 443. The Morgan fingerprint density at radius 2 is 2.19 bits per heavy atom. The number of nitrogens with one attached hydrogen (secondary N) is 2. The lowest BCUT2D eigenvalue weighted by atomic mass is 10.1. The number of aromatic hydroxyl groups is 1. The summed E-state index contributed by atoms with van der Waals surface area (Å²) in [7, 11) is 0. The van der Waals surface area contributed by atoms with Crippen LogP contribution in [0.2, 0.25) is 0 Å². The summed E-state index contributed by atoms with van der Waals surface area (Å²) in [6, 6.07) is 5.47. The highest BCUT2D eigenvalue weighted by molar-refractivity contribution is 6.01. The molecule has 2 aliphatic heterocycles. The van der Waals surface area contributed by atoms with E-state index in [2.05, 4.69) is 15.5 Å². The van der Waals surface area contributed by atoms with Crippen LogP contribution in [0.3, 0.4) is 0 Å². The van der Waals surface area contributed by atoms with Gasteiger partial charge in [-0.25, -0.2) is 0 Å². The normalized spacial score (nSPS) is 20.0. The van der Waals surface area contributed by atoms with Gasteiger partial charge in [0.15, 0.2) is 0 Å². The van der Waals surface area contributed by atoms with Crippen molar-refractivity contribution in [3.63, 3.8) is 0 Å². The highest BCUT2D eigenvalue weighted by atomic mass is 16.3. The van der Waals surface area contributed by atoms with Gasteiger partial charge in [0, 0.05) is 19.2 Å². The fourth-order valence-corrected chi connectivity index (χ4v) is 2.12. The topological polar surface area (TPSA) is 64.6 Å². The number of phenols is 1. The first-order valence-corrected chi connectivity index (χ1v) is 5.34. The molecule has 0 radical (unpaired) electrons. The Morgan fingerprint density at radius 3 is 2.88 bits per heavy atom. The van der Waals surface area contributed by atoms with Gasteiger partial charge in [-0.05, 0) is 12.1 Å². The molecule has 84 valence electrons. The van der Waals surface area contributed by atoms with E-state index in [9.17, 15) is 9.90 Å². The minimum absolute atomic E-state index is 0.0231. The molecule has 1 aromatic carbocycles. The van der Waals surface area contributed by atoms with Crippen molar-refractivity contribution in [1.82, 2.24) is 5.32 Å². The van der Waals surface area contributed by atoms with Crippen molar-refractivity contribution in [2.45, 2.75) is 6.04 Å². The molecule has 2 aliphatic rings. The van der Waals surface area contributed by atoms with E-state index < -0.39 is 0 Å². The van der Waals surface area contributed by atoms with Gasteiger partial charge in [-0.3, -0.25) is 4.79 Å². The van der Waals surface area contributed by atoms with Crippen molar-refractivity contribution in [3.05, 3.63) is 18.2 Å². The molecular weight excluding hydrogens is 206 g/mol. The van der Waals surface area contributed by atoms with Gasteiger partial charge in [0.25, 0.3) is 0 Å². The quantitative estimate of drug-likeness (QED) is 0.628. The maximum absolute atomic E-state index is 11.5. The zero-order valence-corrected chi connectivity index (χ0v) is 8.73. The molecule has 1 saturated heterocycles. The minimum Gasteiger partial charge on any atom is -0.508 e. The second-order valence-corrected chi connectivity index (χ2v) is 4.19. The van der Waals surface area contributed by atoms with E-state index in [0.29, 0.717) is 18.3 Å². The summed E-state index contributed by atoms with van der Waals surface area (Å²) < 4.78 is 0. The molecule has 0 atom stereocenters. The van der Waals surface area contributed by atoms with Gasteiger partial charge in [-0.15, -0.1) is 0 Å². The van der Waals surface area contributed by atoms with Crippen LogP contribution in [-0.2, 0) is 4.79 Å². The number of amides is 1. The summed E-state index contributed by atoms with van der Waals surface area (Å²) in [5.74, 6) is 0.151. The zero-order valence-electron chi connectivity index (χ0n) is 8.73. The standard InChI is InChI=1S/C11H13N3O2/c15-8-1-2-10-9(3-8)13-11(16)6-14(10)7-4-12-5-7/h1-3,7,12,15H,4-6H2,(H,13,16). The number of carbonyl (C=O) groups excluding carboxylic acids is 1. The van der Waals surface area contributed by atoms with Gasteiger partial charge in [-0.2, -0.15) is 0 Å². The second kappa shape index (κ2) is 3.38. The second-order valence-electron chi connectivity index (χ2n) is 4.19. The highest BCUT2D eigenvalue weighted by Crippen LogP contribution is 2.34. The van der Waals surface area contributed by atoms with Crippen molar-refractivity contribution >= 4 is 17.3 Å². The smallest absolute Gasteiger partial charge is 0.243 e. The van der Waals surface area contributed by atoms with Crippen LogP contribution in [0.1, 0.15) is 0 Å². The number of anilines is 2. The summed E-state index contributed by atoms with van der Waals surface area (Å²) in [4.78, 5) is 13.6. The number of fused-ring (bicyclic) bond motifs is 1. The van der Waals surface area contributed by atoms with E-state index >= 15 is 0 Å². The molecule has 3 rings (SSSR count). The number of rotatable bonds is 1. The molecule has 3 N–H and O–H groups in total. The monoisotopic (exact) mass is 219 g/mol. The number of hydrogen-bond acceptors (Lipinski definition) is 4. The Balaban J connectivity index is 2.00. The van der Waals surface area contributed by atoms with Crippen molar-refractivity contribution in [3.8, 4) is 5.75 Å². The number of nitrogens with zero attached hydrogens (tertiary/aromatic N) is 1. The minimum atomic E-state index is -0.0231. The summed E-state index contributed by atoms with van der Waals surface area (Å²) >= 11 is 0. The molecule has 0 aromatic heterocycles. The number of hydrogen-bond donors (Lipinski definition) is 3. The first-order chi connectivity index (χ1) is 7.74. The highest BCUT2D eigenvalue weighted by Gasteiger charge is 2.31. The molecule has 0 aliphatic carbocycles. The largest absolute Gasteiger partial charge is 0.508 e. The van der Waals surface area contributed by atoms with E-state index in [0.717, 1.165) is 18.8 Å². The van der Waals surface area contributed by atoms with Crippen LogP contribution >= 0.6 is 0 Å². The van der Waals surface area contributed by atoms with Crippen LogP contribution in [-0.4, -0.2) is 36.7 Å². The lowest BCUT2D eigenvalue weighted by Gasteiger charge is -2.42. The Hall–Kier alpha value is -1.75. The molecular formula is C11H13N3O2. The van der Waals surface area contributed by atoms with Crippen LogP contribution < -0.4 is 15.5 Å². The van der Waals surface area contributed by atoms with Crippen molar-refractivity contribution in [2.75, 3.05) is 29.9 Å². The van der Waals surface area contributed by atoms with Crippen molar-refractivity contribution in [1.29, 1.82) is 0 Å². The molecule has 16 heavy (non-hydrogen) atoms. The van der Waals surface area contributed by atoms with Gasteiger partial charge in [0.1, 0.15) is 5.75 Å². The predicted molar refractivity (Wildman–Crippen MR) is 60.7 cm³/mol. The average molecular weight is 219 g/mol. The molecule has 5 nitrogen and oxygen atoms in total. The fraction of sp³-hybridized carbons (Fsp3) is 0.364. The fourth-order valence-electron chi connectivity index (χ4n) is 2.12. The number of benzene rings is 1. The first kappa shape index (κ1) is 9.47. The zero-order chi connectivity index (χ0) is 11.1. The summed E-state index contributed by atoms with van der Waals surface area (Å²) in [5.41, 5.74) is 1.69. The molecule has 2 heterocycles.